The maximum absolute atomic E-state index is 13.0. The minimum Gasteiger partial charge on any atom is -0.462 e. The predicted octanol–water partition coefficient (Wildman–Crippen LogP) is 19.7. The molecule has 0 amide bonds. The molecule has 0 aliphatic rings. The van der Waals surface area contributed by atoms with Gasteiger partial charge in [-0.15, -0.1) is 0 Å². The van der Waals surface area contributed by atoms with Crippen molar-refractivity contribution in [3.05, 3.63) is 134 Å². The summed E-state index contributed by atoms with van der Waals surface area (Å²) in [7, 11) is -4.79. The van der Waals surface area contributed by atoms with E-state index in [1.807, 2.05) is 12.2 Å². The maximum Gasteiger partial charge on any atom is 0.472 e. The molecule has 0 aromatic heterocycles. The van der Waals surface area contributed by atoms with Crippen LogP contribution in [0.1, 0.15) is 252 Å². The second kappa shape index (κ2) is 62.7. The number of rotatable bonds is 58. The number of carbonyl (C=O) groups excluding carboxylic acids is 3. The standard InChI is InChI=1S/C70H115O11P/c1-4-7-10-13-16-19-22-25-28-31-33-36-39-42-45-48-51-54-57-60-69(73)80-66(62-71)64-78-82(75,76)79-65-67(63-77-68(72)59-56-53-50-47-44-41-38-35-30-27-24-21-18-15-12-9-6-3)81-70(74)61-58-55-52-49-46-43-40-37-34-32-29-26-23-20-17-14-11-8-5-2/h7-8,10-11,16-17,19-20,25-26,28-29,33-34,36-37,42-43,45-46,52,55,66-67,71H,4-6,9,12-15,18,21-24,27,30-32,35,38-41,44,47-51,53-54,56-65H2,1-3H3,(H,75,76)/b10-7-,11-8-,19-16-,20-17-,28-25-,29-26-,36-33-,37-34-,45-42-,46-43-,55-52-. The molecule has 11 nitrogen and oxygen atoms in total. The first-order valence-corrected chi connectivity index (χ1v) is 33.6. The van der Waals surface area contributed by atoms with E-state index in [4.69, 9.17) is 23.3 Å². The summed E-state index contributed by atoms with van der Waals surface area (Å²) in [6.07, 6.45) is 79.9. The maximum atomic E-state index is 13.0. The van der Waals surface area contributed by atoms with Crippen molar-refractivity contribution in [1.29, 1.82) is 0 Å². The lowest BCUT2D eigenvalue weighted by Crippen LogP contribution is -2.30. The van der Waals surface area contributed by atoms with E-state index in [1.54, 1.807) is 0 Å². The van der Waals surface area contributed by atoms with E-state index in [1.165, 1.54) is 83.5 Å². The second-order valence-electron chi connectivity index (χ2n) is 20.8. The van der Waals surface area contributed by atoms with Crippen LogP contribution in [0.25, 0.3) is 0 Å². The molecule has 0 aliphatic carbocycles. The van der Waals surface area contributed by atoms with Crippen molar-refractivity contribution < 1.29 is 52.2 Å². The summed E-state index contributed by atoms with van der Waals surface area (Å²) < 4.78 is 39.6. The summed E-state index contributed by atoms with van der Waals surface area (Å²) in [6.45, 7) is 4.31. The highest BCUT2D eigenvalue weighted by atomic mass is 31.2. The van der Waals surface area contributed by atoms with Crippen LogP contribution < -0.4 is 0 Å². The van der Waals surface area contributed by atoms with E-state index in [2.05, 4.69) is 142 Å². The predicted molar refractivity (Wildman–Crippen MR) is 343 cm³/mol. The summed E-state index contributed by atoms with van der Waals surface area (Å²) in [5.41, 5.74) is 0. The first-order chi connectivity index (χ1) is 40.2. The minimum absolute atomic E-state index is 0.0347. The second-order valence-corrected chi connectivity index (χ2v) is 22.3. The quantitative estimate of drug-likeness (QED) is 0.0197. The first-order valence-electron chi connectivity index (χ1n) is 32.1. The SMILES string of the molecule is CC/C=C\C/C=C\C/C=C\C/C=C\C/C=C\C/C=C\CCC(=O)OC(COC(=O)CCCCCCCCCCCCCCCCCCC)COP(=O)(O)OCC(CO)OC(=O)CCCCC/C=C\C/C=C\C/C=C\C/C=C\C/C=C\CC. The number of hydrogen-bond acceptors (Lipinski definition) is 10. The molecule has 0 spiro atoms. The number of unbranched alkanes of at least 4 members (excludes halogenated alkanes) is 19. The number of phosphoric ester groups is 1. The lowest BCUT2D eigenvalue weighted by Gasteiger charge is -2.21. The third kappa shape index (κ3) is 60.2. The molecule has 82 heavy (non-hydrogen) atoms. The van der Waals surface area contributed by atoms with Crippen molar-refractivity contribution in [3.8, 4) is 0 Å². The van der Waals surface area contributed by atoms with Gasteiger partial charge in [0.05, 0.1) is 19.8 Å². The molecular formula is C70H115O11P. The molecule has 0 rings (SSSR count). The van der Waals surface area contributed by atoms with Gasteiger partial charge in [0.1, 0.15) is 12.7 Å². The Balaban J connectivity index is 4.84. The van der Waals surface area contributed by atoms with Crippen molar-refractivity contribution in [2.45, 2.75) is 264 Å². The van der Waals surface area contributed by atoms with Gasteiger partial charge in [0.25, 0.3) is 0 Å². The van der Waals surface area contributed by atoms with Crippen LogP contribution >= 0.6 is 7.82 Å². The van der Waals surface area contributed by atoms with Crippen molar-refractivity contribution in [2.24, 2.45) is 0 Å². The first kappa shape index (κ1) is 77.6. The molecule has 3 unspecified atom stereocenters. The van der Waals surface area contributed by atoms with Gasteiger partial charge >= 0.3 is 25.7 Å². The Morgan fingerprint density at radius 1 is 0.354 bits per heavy atom. The Kier molecular flexibility index (Phi) is 59.3. The molecule has 3 atom stereocenters. The highest BCUT2D eigenvalue weighted by Crippen LogP contribution is 2.43. The molecule has 12 heteroatoms. The van der Waals surface area contributed by atoms with Crippen molar-refractivity contribution >= 4 is 25.7 Å². The fraction of sp³-hybridized carbons (Fsp3) is 0.643. The summed E-state index contributed by atoms with van der Waals surface area (Å²) in [6, 6.07) is 0. The molecule has 0 fully saturated rings. The molecule has 0 aromatic rings. The number of aliphatic hydroxyl groups is 1. The Hall–Kier alpha value is -4.38. The van der Waals surface area contributed by atoms with Gasteiger partial charge in [0, 0.05) is 19.3 Å². The minimum atomic E-state index is -4.79. The van der Waals surface area contributed by atoms with Crippen LogP contribution in [0.15, 0.2) is 134 Å². The van der Waals surface area contributed by atoms with Gasteiger partial charge in [0.15, 0.2) is 6.10 Å². The fourth-order valence-electron chi connectivity index (χ4n) is 8.29. The smallest absolute Gasteiger partial charge is 0.462 e. The molecule has 0 radical (unpaired) electrons. The number of allylic oxidation sites excluding steroid dienone is 22. The van der Waals surface area contributed by atoms with Crippen LogP contribution in [0.5, 0.6) is 0 Å². The Bertz CT molecular complexity index is 1890. The summed E-state index contributed by atoms with van der Waals surface area (Å²) >= 11 is 0. The third-order valence-electron chi connectivity index (χ3n) is 13.1. The van der Waals surface area contributed by atoms with Crippen LogP contribution in [0, 0.1) is 0 Å². The summed E-state index contributed by atoms with van der Waals surface area (Å²) in [5.74, 6) is -1.60. The topological polar surface area (TPSA) is 155 Å². The number of esters is 3. The summed E-state index contributed by atoms with van der Waals surface area (Å²) in [4.78, 5) is 48.7. The van der Waals surface area contributed by atoms with Crippen molar-refractivity contribution in [3.63, 3.8) is 0 Å². The summed E-state index contributed by atoms with van der Waals surface area (Å²) in [5, 5.41) is 9.85. The average Bonchev–Trinajstić information content (AvgIpc) is 3.50. The Morgan fingerprint density at radius 3 is 1.05 bits per heavy atom. The number of hydrogen-bond donors (Lipinski definition) is 2. The molecule has 0 aromatic carbocycles. The van der Waals surface area contributed by atoms with Crippen LogP contribution in [0.3, 0.4) is 0 Å². The van der Waals surface area contributed by atoms with Gasteiger partial charge in [-0.1, -0.05) is 264 Å². The molecule has 0 bridgehead atoms. The molecular weight excluding hydrogens is 1050 g/mol. The lowest BCUT2D eigenvalue weighted by molar-refractivity contribution is -0.161. The van der Waals surface area contributed by atoms with Crippen molar-refractivity contribution in [1.82, 2.24) is 0 Å². The molecule has 0 heterocycles. The number of carbonyl (C=O) groups is 3. The van der Waals surface area contributed by atoms with E-state index in [0.717, 1.165) is 103 Å². The highest BCUT2D eigenvalue weighted by molar-refractivity contribution is 7.47. The van der Waals surface area contributed by atoms with E-state index in [-0.39, 0.29) is 25.9 Å². The van der Waals surface area contributed by atoms with Gasteiger partial charge in [-0.25, -0.2) is 4.57 Å². The molecule has 0 aliphatic heterocycles. The number of aliphatic hydroxyl groups excluding tert-OH is 1. The van der Waals surface area contributed by atoms with Gasteiger partial charge in [-0.05, 0) is 103 Å². The van der Waals surface area contributed by atoms with Gasteiger partial charge in [-0.2, -0.15) is 0 Å². The van der Waals surface area contributed by atoms with Gasteiger partial charge in [0.2, 0.25) is 0 Å². The lowest BCUT2D eigenvalue weighted by atomic mass is 10.0. The number of phosphoric acid groups is 1. The van der Waals surface area contributed by atoms with E-state index >= 15 is 0 Å². The average molecular weight is 1160 g/mol. The van der Waals surface area contributed by atoms with E-state index in [0.29, 0.717) is 25.7 Å². The normalized spacial score (nSPS) is 14.2. The zero-order valence-electron chi connectivity index (χ0n) is 51.7. The zero-order chi connectivity index (χ0) is 59.8. The van der Waals surface area contributed by atoms with E-state index in [9.17, 15) is 28.9 Å². The van der Waals surface area contributed by atoms with Gasteiger partial charge in [-0.3, -0.25) is 23.4 Å². The molecule has 2 N–H and O–H groups in total. The van der Waals surface area contributed by atoms with Crippen LogP contribution in [-0.2, 0) is 42.2 Å². The Labute approximate surface area is 500 Å². The zero-order valence-corrected chi connectivity index (χ0v) is 52.6. The van der Waals surface area contributed by atoms with Crippen molar-refractivity contribution in [2.75, 3.05) is 26.4 Å². The van der Waals surface area contributed by atoms with Gasteiger partial charge < -0.3 is 24.2 Å². The molecule has 0 saturated heterocycles. The van der Waals surface area contributed by atoms with Crippen LogP contribution in [-0.4, -0.2) is 66.5 Å². The molecule has 0 saturated carbocycles. The Morgan fingerprint density at radius 2 is 0.659 bits per heavy atom. The monoisotopic (exact) mass is 1160 g/mol. The van der Waals surface area contributed by atoms with Crippen LogP contribution in [0.2, 0.25) is 0 Å². The van der Waals surface area contributed by atoms with Crippen LogP contribution in [0.4, 0.5) is 0 Å². The fourth-order valence-corrected chi connectivity index (χ4v) is 9.08. The largest absolute Gasteiger partial charge is 0.472 e. The van der Waals surface area contributed by atoms with E-state index < -0.39 is 57.8 Å². The highest BCUT2D eigenvalue weighted by Gasteiger charge is 2.28. The molecule has 466 valence electrons. The third-order valence-corrected chi connectivity index (χ3v) is 14.0. The number of ether oxygens (including phenoxy) is 3.